The van der Waals surface area contributed by atoms with E-state index in [1.165, 1.54) is 16.9 Å². The number of amides is 4. The SMILES string of the molecule is COc1cc(C2C3=CCC4C(=O)N(c5ccc(Br)cc5)C(=O)C4C3CC3C(=O)N(c4ccccc4)C(=O)C32C)cc(Cl)c1O. The summed E-state index contributed by atoms with van der Waals surface area (Å²) in [5, 5.41) is 10.6. The van der Waals surface area contributed by atoms with Gasteiger partial charge < -0.3 is 9.84 Å². The average Bonchev–Trinajstić information content (AvgIpc) is 3.39. The highest BCUT2D eigenvalue weighted by atomic mass is 79.9. The van der Waals surface area contributed by atoms with Crippen LogP contribution in [-0.4, -0.2) is 35.8 Å². The number of para-hydroxylation sites is 1. The largest absolute Gasteiger partial charge is 0.503 e. The van der Waals surface area contributed by atoms with Gasteiger partial charge in [-0.15, -0.1) is 0 Å². The van der Waals surface area contributed by atoms with Crippen molar-refractivity contribution < 1.29 is 29.0 Å². The van der Waals surface area contributed by atoms with Gasteiger partial charge in [-0.1, -0.05) is 57.4 Å². The van der Waals surface area contributed by atoms with Gasteiger partial charge in [0.2, 0.25) is 23.6 Å². The van der Waals surface area contributed by atoms with Crippen LogP contribution in [0.15, 0.2) is 82.9 Å². The number of methoxy groups -OCH3 is 1. The molecule has 4 aliphatic rings. The normalized spacial score (nSPS) is 29.4. The molecule has 1 saturated carbocycles. The first-order valence-corrected chi connectivity index (χ1v) is 15.6. The Morgan fingerprint density at radius 1 is 0.909 bits per heavy atom. The summed E-state index contributed by atoms with van der Waals surface area (Å²) in [6.07, 6.45) is 2.54. The van der Waals surface area contributed by atoms with Gasteiger partial charge in [-0.3, -0.25) is 24.1 Å². The third-order valence-corrected chi connectivity index (χ3v) is 10.8. The number of imide groups is 2. The number of fused-ring (bicyclic) bond motifs is 4. The third-order valence-electron chi connectivity index (χ3n) is 9.98. The van der Waals surface area contributed by atoms with Crippen LogP contribution in [0, 0.1) is 29.1 Å². The van der Waals surface area contributed by atoms with Crippen LogP contribution in [0.4, 0.5) is 11.4 Å². The molecule has 224 valence electrons. The molecule has 6 unspecified atom stereocenters. The number of hydrogen-bond acceptors (Lipinski definition) is 6. The second-order valence-electron chi connectivity index (χ2n) is 12.0. The molecule has 4 amide bonds. The summed E-state index contributed by atoms with van der Waals surface area (Å²) in [5.41, 5.74) is 1.15. The lowest BCUT2D eigenvalue weighted by Gasteiger charge is -2.49. The summed E-state index contributed by atoms with van der Waals surface area (Å²) < 4.78 is 6.25. The Bertz CT molecular complexity index is 1780. The maximum atomic E-state index is 14.5. The van der Waals surface area contributed by atoms with Crippen LogP contribution in [0.3, 0.4) is 0 Å². The third kappa shape index (κ3) is 3.95. The Morgan fingerprint density at radius 2 is 1.59 bits per heavy atom. The number of benzene rings is 3. The number of halogens is 2. The highest BCUT2D eigenvalue weighted by Crippen LogP contribution is 2.64. The van der Waals surface area contributed by atoms with Crippen molar-refractivity contribution in [3.8, 4) is 11.5 Å². The van der Waals surface area contributed by atoms with Crippen LogP contribution in [0.2, 0.25) is 5.02 Å². The van der Waals surface area contributed by atoms with Crippen molar-refractivity contribution in [2.45, 2.75) is 25.7 Å². The maximum Gasteiger partial charge on any atom is 0.241 e. The van der Waals surface area contributed by atoms with Gasteiger partial charge >= 0.3 is 0 Å². The van der Waals surface area contributed by atoms with E-state index in [0.29, 0.717) is 23.4 Å². The lowest BCUT2D eigenvalue weighted by atomic mass is 9.51. The van der Waals surface area contributed by atoms with E-state index in [4.69, 9.17) is 16.3 Å². The van der Waals surface area contributed by atoms with Crippen molar-refractivity contribution in [2.75, 3.05) is 16.9 Å². The topological polar surface area (TPSA) is 104 Å². The number of hydrogen-bond donors (Lipinski definition) is 1. The maximum absolute atomic E-state index is 14.5. The molecular weight excluding hydrogens is 648 g/mol. The zero-order valence-electron chi connectivity index (χ0n) is 23.9. The van der Waals surface area contributed by atoms with Gasteiger partial charge in [0.15, 0.2) is 11.5 Å². The summed E-state index contributed by atoms with van der Waals surface area (Å²) in [6, 6.07) is 19.1. The molecule has 3 fully saturated rings. The molecule has 2 aliphatic heterocycles. The first-order chi connectivity index (χ1) is 21.1. The average molecular weight is 676 g/mol. The number of allylic oxidation sites excluding steroid dienone is 2. The van der Waals surface area contributed by atoms with Crippen LogP contribution >= 0.6 is 27.5 Å². The minimum absolute atomic E-state index is 0.0427. The van der Waals surface area contributed by atoms with Crippen LogP contribution in [0.5, 0.6) is 11.5 Å². The Labute approximate surface area is 267 Å². The molecule has 3 aromatic rings. The number of phenolic OH excluding ortho intramolecular Hbond substituents is 1. The van der Waals surface area contributed by atoms with E-state index in [0.717, 1.165) is 10.0 Å². The standard InChI is InChI=1S/C34H28BrClN2O6/c1-34-24(31(41)38(33(34)43)19-6-4-3-5-7-19)16-23-21(28(34)17-14-25(36)29(39)26(15-17)44-2)12-13-22-27(23)32(42)37(30(22)40)20-10-8-18(35)9-11-20/h3-12,14-15,22-24,27-28,39H,13,16H2,1-2H3. The van der Waals surface area contributed by atoms with Crippen molar-refractivity contribution in [2.24, 2.45) is 29.1 Å². The first kappa shape index (κ1) is 28.8. The quantitative estimate of drug-likeness (QED) is 0.259. The Balaban J connectivity index is 1.39. The number of carbonyl (C=O) groups is 4. The van der Waals surface area contributed by atoms with Crippen LogP contribution in [-0.2, 0) is 19.2 Å². The lowest BCUT2D eigenvalue weighted by molar-refractivity contribution is -0.131. The molecule has 7 rings (SSSR count). The second kappa shape index (κ2) is 10.3. The van der Waals surface area contributed by atoms with E-state index < -0.39 is 35.0 Å². The van der Waals surface area contributed by atoms with Gasteiger partial charge in [-0.05, 0) is 79.8 Å². The molecule has 0 bridgehead atoms. The fraction of sp³-hybridized carbons (Fsp3) is 0.294. The number of anilines is 2. The van der Waals surface area contributed by atoms with Crippen molar-refractivity contribution >= 4 is 62.5 Å². The molecule has 8 nitrogen and oxygen atoms in total. The van der Waals surface area contributed by atoms with E-state index in [2.05, 4.69) is 15.9 Å². The van der Waals surface area contributed by atoms with Gasteiger partial charge in [0.1, 0.15) is 0 Å². The molecule has 2 heterocycles. The van der Waals surface area contributed by atoms with E-state index >= 15 is 0 Å². The number of rotatable bonds is 4. The van der Waals surface area contributed by atoms with Crippen LogP contribution < -0.4 is 14.5 Å². The molecule has 0 aromatic heterocycles. The van der Waals surface area contributed by atoms with E-state index in [-0.39, 0.29) is 46.6 Å². The summed E-state index contributed by atoms with van der Waals surface area (Å²) in [7, 11) is 1.41. The zero-order valence-corrected chi connectivity index (χ0v) is 26.2. The summed E-state index contributed by atoms with van der Waals surface area (Å²) >= 11 is 9.89. The fourth-order valence-corrected chi connectivity index (χ4v) is 8.46. The first-order valence-electron chi connectivity index (χ1n) is 14.4. The number of ether oxygens (including phenoxy) is 1. The molecule has 0 radical (unpaired) electrons. The second-order valence-corrected chi connectivity index (χ2v) is 13.4. The zero-order chi connectivity index (χ0) is 31.1. The van der Waals surface area contributed by atoms with Crippen molar-refractivity contribution in [3.63, 3.8) is 0 Å². The molecule has 1 N–H and O–H groups in total. The van der Waals surface area contributed by atoms with Gasteiger partial charge in [0.05, 0.1) is 46.7 Å². The van der Waals surface area contributed by atoms with Gasteiger partial charge in [0, 0.05) is 10.4 Å². The molecule has 0 spiro atoms. The van der Waals surface area contributed by atoms with E-state index in [1.807, 2.05) is 12.1 Å². The van der Waals surface area contributed by atoms with Crippen molar-refractivity contribution in [3.05, 3.63) is 93.4 Å². The van der Waals surface area contributed by atoms with Crippen LogP contribution in [0.25, 0.3) is 0 Å². The van der Waals surface area contributed by atoms with Crippen molar-refractivity contribution in [1.82, 2.24) is 0 Å². The smallest absolute Gasteiger partial charge is 0.241 e. The molecule has 44 heavy (non-hydrogen) atoms. The molecule has 3 aromatic carbocycles. The number of carbonyl (C=O) groups excluding carboxylic acids is 4. The molecule has 6 atom stereocenters. The molecular formula is C34H28BrClN2O6. The van der Waals surface area contributed by atoms with E-state index in [9.17, 15) is 24.3 Å². The molecule has 10 heteroatoms. The fourth-order valence-electron chi connectivity index (χ4n) is 7.98. The Hall–Kier alpha value is -3.95. The number of nitrogens with zero attached hydrogens (tertiary/aromatic N) is 2. The van der Waals surface area contributed by atoms with Crippen LogP contribution in [0.1, 0.15) is 31.2 Å². The summed E-state index contributed by atoms with van der Waals surface area (Å²) in [4.78, 5) is 59.1. The highest BCUT2D eigenvalue weighted by molar-refractivity contribution is 9.10. The Morgan fingerprint density at radius 3 is 2.27 bits per heavy atom. The molecule has 2 saturated heterocycles. The predicted octanol–water partition coefficient (Wildman–Crippen LogP) is 6.25. The Kier molecular flexibility index (Phi) is 6.75. The number of aromatic hydroxyl groups is 1. The summed E-state index contributed by atoms with van der Waals surface area (Å²) in [6.45, 7) is 1.80. The highest BCUT2D eigenvalue weighted by Gasteiger charge is 2.67. The molecule has 2 aliphatic carbocycles. The van der Waals surface area contributed by atoms with Gasteiger partial charge in [-0.2, -0.15) is 0 Å². The number of phenols is 1. The minimum atomic E-state index is -1.23. The van der Waals surface area contributed by atoms with Crippen molar-refractivity contribution in [1.29, 1.82) is 0 Å². The lowest BCUT2D eigenvalue weighted by Crippen LogP contribution is -2.48. The van der Waals surface area contributed by atoms with Gasteiger partial charge in [0.25, 0.3) is 0 Å². The monoisotopic (exact) mass is 674 g/mol. The van der Waals surface area contributed by atoms with E-state index in [1.54, 1.807) is 67.6 Å². The van der Waals surface area contributed by atoms with Gasteiger partial charge in [-0.25, -0.2) is 4.90 Å². The minimum Gasteiger partial charge on any atom is -0.503 e. The predicted molar refractivity (Wildman–Crippen MR) is 167 cm³/mol. The summed E-state index contributed by atoms with van der Waals surface area (Å²) in [5.74, 6) is -4.55.